The van der Waals surface area contributed by atoms with Crippen LogP contribution in [0, 0.1) is 0 Å². The van der Waals surface area contributed by atoms with Gasteiger partial charge in [0.25, 0.3) is 0 Å². The zero-order chi connectivity index (χ0) is 20.3. The molecule has 0 bridgehead atoms. The van der Waals surface area contributed by atoms with Crippen molar-refractivity contribution in [1.82, 2.24) is 25.1 Å². The molecule has 0 spiro atoms. The van der Waals surface area contributed by atoms with Crippen molar-refractivity contribution in [3.05, 3.63) is 24.2 Å². The summed E-state index contributed by atoms with van der Waals surface area (Å²) in [5, 5.41) is 10.6. The van der Waals surface area contributed by atoms with Crippen molar-refractivity contribution in [2.24, 2.45) is 0 Å². The zero-order valence-electron chi connectivity index (χ0n) is 17.3. The monoisotopic (exact) mass is 386 g/mol. The van der Waals surface area contributed by atoms with Crippen molar-refractivity contribution in [2.45, 2.75) is 65.0 Å². The number of rotatable bonds is 4. The number of amides is 1. The Labute approximate surface area is 166 Å². The number of anilines is 1. The highest BCUT2D eigenvalue weighted by atomic mass is 16.6. The maximum Gasteiger partial charge on any atom is 0.410 e. The van der Waals surface area contributed by atoms with Gasteiger partial charge in [0.05, 0.1) is 11.9 Å². The Bertz CT molecular complexity index is 803. The van der Waals surface area contributed by atoms with Gasteiger partial charge < -0.3 is 15.0 Å². The molecule has 1 fully saturated rings. The predicted molar refractivity (Wildman–Crippen MR) is 108 cm³/mol. The van der Waals surface area contributed by atoms with E-state index in [2.05, 4.69) is 39.3 Å². The van der Waals surface area contributed by atoms with Gasteiger partial charge in [-0.1, -0.05) is 13.8 Å². The van der Waals surface area contributed by atoms with Crippen LogP contribution in [0.3, 0.4) is 0 Å². The van der Waals surface area contributed by atoms with E-state index in [1.54, 1.807) is 17.3 Å². The Morgan fingerprint density at radius 1 is 1.32 bits per heavy atom. The number of H-pyrrole nitrogens is 1. The highest BCUT2D eigenvalue weighted by molar-refractivity contribution is 5.68. The highest BCUT2D eigenvalue weighted by Crippen LogP contribution is 2.26. The molecule has 0 unspecified atom stereocenters. The topological polar surface area (TPSA) is 96.0 Å². The smallest absolute Gasteiger partial charge is 0.410 e. The van der Waals surface area contributed by atoms with Crippen LogP contribution in [0.15, 0.2) is 18.5 Å². The van der Waals surface area contributed by atoms with Crippen molar-refractivity contribution in [2.75, 3.05) is 18.4 Å². The minimum atomic E-state index is -0.470. The Morgan fingerprint density at radius 2 is 2.04 bits per heavy atom. The molecule has 3 rings (SSSR count). The average Bonchev–Trinajstić information content (AvgIpc) is 3.11. The van der Waals surface area contributed by atoms with Gasteiger partial charge in [-0.3, -0.25) is 5.10 Å². The molecule has 0 atom stereocenters. The van der Waals surface area contributed by atoms with Crippen LogP contribution in [0.25, 0.3) is 11.3 Å². The molecule has 1 aliphatic rings. The lowest BCUT2D eigenvalue weighted by Crippen LogP contribution is -2.44. The lowest BCUT2D eigenvalue weighted by Gasteiger charge is -2.33. The Balaban J connectivity index is 1.60. The van der Waals surface area contributed by atoms with Gasteiger partial charge in [0.1, 0.15) is 5.60 Å². The van der Waals surface area contributed by atoms with Gasteiger partial charge in [-0.05, 0) is 45.6 Å². The molecule has 28 heavy (non-hydrogen) atoms. The van der Waals surface area contributed by atoms with Gasteiger partial charge in [-0.2, -0.15) is 5.10 Å². The number of ether oxygens (including phenoxy) is 1. The number of likely N-dealkylation sites (tertiary alicyclic amines) is 1. The van der Waals surface area contributed by atoms with Gasteiger partial charge >= 0.3 is 6.09 Å². The summed E-state index contributed by atoms with van der Waals surface area (Å²) in [6, 6.07) is 2.12. The molecule has 3 heterocycles. The van der Waals surface area contributed by atoms with Gasteiger partial charge in [-0.25, -0.2) is 14.8 Å². The molecule has 1 amide bonds. The Morgan fingerprint density at radius 3 is 2.68 bits per heavy atom. The zero-order valence-corrected chi connectivity index (χ0v) is 17.3. The van der Waals surface area contributed by atoms with Crippen molar-refractivity contribution in [3.8, 4) is 11.3 Å². The minimum absolute atomic E-state index is 0.225. The Kier molecular flexibility index (Phi) is 5.86. The van der Waals surface area contributed by atoms with E-state index in [-0.39, 0.29) is 12.1 Å². The minimum Gasteiger partial charge on any atom is -0.444 e. The van der Waals surface area contributed by atoms with Crippen LogP contribution in [0.4, 0.5) is 10.7 Å². The summed E-state index contributed by atoms with van der Waals surface area (Å²) < 4.78 is 5.45. The number of carbonyl (C=O) groups excluding carboxylic acids is 1. The maximum atomic E-state index is 12.2. The standard InChI is InChI=1S/C20H30N6O2/c1-13(2)17-15(12-22-25-17)16-6-9-21-18(24-16)23-14-7-10-26(11-8-14)19(27)28-20(3,4)5/h6,9,12-14H,7-8,10-11H2,1-5H3,(H,22,25)(H,21,23,24). The molecule has 0 saturated carbocycles. The molecular formula is C20H30N6O2. The molecular weight excluding hydrogens is 356 g/mol. The van der Waals surface area contributed by atoms with Crippen LogP contribution in [0.1, 0.15) is 59.1 Å². The molecule has 1 saturated heterocycles. The number of aromatic amines is 1. The van der Waals surface area contributed by atoms with E-state index in [0.29, 0.717) is 25.0 Å². The first-order valence-corrected chi connectivity index (χ1v) is 9.84. The molecule has 8 nitrogen and oxygen atoms in total. The van der Waals surface area contributed by atoms with E-state index in [9.17, 15) is 4.79 Å². The van der Waals surface area contributed by atoms with Crippen LogP contribution in [0.2, 0.25) is 0 Å². The summed E-state index contributed by atoms with van der Waals surface area (Å²) in [6.45, 7) is 11.2. The summed E-state index contributed by atoms with van der Waals surface area (Å²) >= 11 is 0. The van der Waals surface area contributed by atoms with Crippen LogP contribution in [0.5, 0.6) is 0 Å². The fourth-order valence-corrected chi connectivity index (χ4v) is 3.23. The van der Waals surface area contributed by atoms with Crippen molar-refractivity contribution >= 4 is 12.0 Å². The third-order valence-electron chi connectivity index (χ3n) is 4.66. The van der Waals surface area contributed by atoms with E-state index in [4.69, 9.17) is 4.74 Å². The third-order valence-corrected chi connectivity index (χ3v) is 4.66. The fourth-order valence-electron chi connectivity index (χ4n) is 3.23. The van der Waals surface area contributed by atoms with E-state index >= 15 is 0 Å². The maximum absolute atomic E-state index is 12.2. The summed E-state index contributed by atoms with van der Waals surface area (Å²) in [7, 11) is 0. The molecule has 0 aliphatic carbocycles. The first-order valence-electron chi connectivity index (χ1n) is 9.84. The molecule has 2 N–H and O–H groups in total. The van der Waals surface area contributed by atoms with Crippen molar-refractivity contribution in [3.63, 3.8) is 0 Å². The Hall–Kier alpha value is -2.64. The number of nitrogens with one attached hydrogen (secondary N) is 2. The first-order chi connectivity index (χ1) is 13.2. The SMILES string of the molecule is CC(C)c1[nH]ncc1-c1ccnc(NC2CCN(C(=O)OC(C)(C)C)CC2)n1. The lowest BCUT2D eigenvalue weighted by molar-refractivity contribution is 0.0210. The van der Waals surface area contributed by atoms with Crippen LogP contribution in [-0.2, 0) is 4.74 Å². The number of carbonyl (C=O) groups is 1. The summed E-state index contributed by atoms with van der Waals surface area (Å²) in [5.74, 6) is 0.935. The van der Waals surface area contributed by atoms with Crippen LogP contribution in [-0.4, -0.2) is 55.9 Å². The molecule has 1 aliphatic heterocycles. The molecule has 152 valence electrons. The van der Waals surface area contributed by atoms with Crippen LogP contribution >= 0.6 is 0 Å². The van der Waals surface area contributed by atoms with E-state index < -0.39 is 5.60 Å². The summed E-state index contributed by atoms with van der Waals surface area (Å²) in [4.78, 5) is 23.0. The van der Waals surface area contributed by atoms with Crippen molar-refractivity contribution < 1.29 is 9.53 Å². The highest BCUT2D eigenvalue weighted by Gasteiger charge is 2.27. The number of aromatic nitrogens is 4. The first kappa shape index (κ1) is 20.1. The van der Waals surface area contributed by atoms with Gasteiger partial charge in [0, 0.05) is 36.6 Å². The van der Waals surface area contributed by atoms with Gasteiger partial charge in [0.2, 0.25) is 5.95 Å². The molecule has 2 aromatic rings. The van der Waals surface area contributed by atoms with E-state index in [0.717, 1.165) is 29.8 Å². The van der Waals surface area contributed by atoms with Gasteiger partial charge in [-0.15, -0.1) is 0 Å². The number of nitrogens with zero attached hydrogens (tertiary/aromatic N) is 4. The molecule has 0 aromatic carbocycles. The largest absolute Gasteiger partial charge is 0.444 e. The molecule has 8 heteroatoms. The van der Waals surface area contributed by atoms with Gasteiger partial charge in [0.15, 0.2) is 0 Å². The normalized spacial score (nSPS) is 15.7. The second kappa shape index (κ2) is 8.16. The third kappa shape index (κ3) is 4.99. The second-order valence-corrected chi connectivity index (χ2v) is 8.50. The quantitative estimate of drug-likeness (QED) is 0.830. The number of hydrogen-bond donors (Lipinski definition) is 2. The average molecular weight is 387 g/mol. The van der Waals surface area contributed by atoms with Crippen LogP contribution < -0.4 is 5.32 Å². The number of piperidine rings is 1. The molecule has 2 aromatic heterocycles. The predicted octanol–water partition coefficient (Wildman–Crippen LogP) is 3.80. The van der Waals surface area contributed by atoms with E-state index in [1.165, 1.54) is 0 Å². The van der Waals surface area contributed by atoms with E-state index in [1.807, 2.05) is 26.8 Å². The fraction of sp³-hybridized carbons (Fsp3) is 0.600. The number of hydrogen-bond acceptors (Lipinski definition) is 6. The summed E-state index contributed by atoms with van der Waals surface area (Å²) in [6.07, 6.45) is 4.98. The summed E-state index contributed by atoms with van der Waals surface area (Å²) in [5.41, 5.74) is 2.44. The lowest BCUT2D eigenvalue weighted by atomic mass is 10.0. The second-order valence-electron chi connectivity index (χ2n) is 8.50. The molecule has 0 radical (unpaired) electrons. The van der Waals surface area contributed by atoms with Crippen molar-refractivity contribution in [1.29, 1.82) is 0 Å².